The Kier molecular flexibility index (Phi) is 2.96. The molecular formula is C4H7ClFN. The van der Waals surface area contributed by atoms with E-state index in [1.165, 1.54) is 0 Å². The molecule has 0 aromatic carbocycles. The van der Waals surface area contributed by atoms with E-state index in [1.807, 2.05) is 0 Å². The van der Waals surface area contributed by atoms with Gasteiger partial charge in [-0.2, -0.15) is 0 Å². The minimum absolute atomic E-state index is 0. The Morgan fingerprint density at radius 1 is 1.71 bits per heavy atom. The molecule has 1 aliphatic rings. The summed E-state index contributed by atoms with van der Waals surface area (Å²) in [7, 11) is 0. The first kappa shape index (κ1) is 6.92. The zero-order chi connectivity index (χ0) is 4.41. The van der Waals surface area contributed by atoms with Gasteiger partial charge in [-0.25, -0.2) is 4.39 Å². The first-order valence-corrected chi connectivity index (χ1v) is 1.95. The van der Waals surface area contributed by atoms with Crippen LogP contribution in [0.1, 0.15) is 0 Å². The van der Waals surface area contributed by atoms with Crippen LogP contribution in [-0.4, -0.2) is 13.1 Å². The second-order valence-corrected chi connectivity index (χ2v) is 1.28. The molecule has 1 heterocycles. The molecule has 0 aromatic rings. The molecule has 0 atom stereocenters. The molecule has 0 radical (unpaired) electrons. The van der Waals surface area contributed by atoms with Gasteiger partial charge in [0, 0.05) is 13.1 Å². The van der Waals surface area contributed by atoms with Crippen LogP contribution < -0.4 is 5.32 Å². The summed E-state index contributed by atoms with van der Waals surface area (Å²) in [6.45, 7) is 1.13. The minimum atomic E-state index is -0.0324. The lowest BCUT2D eigenvalue weighted by Crippen LogP contribution is -2.06. The number of hydrogen-bond donors (Lipinski definition) is 1. The molecule has 42 valence electrons. The van der Waals surface area contributed by atoms with Crippen LogP contribution in [0.5, 0.6) is 0 Å². The van der Waals surface area contributed by atoms with Crippen molar-refractivity contribution >= 4 is 12.4 Å². The molecular weight excluding hydrogens is 117 g/mol. The van der Waals surface area contributed by atoms with Crippen LogP contribution in [0.3, 0.4) is 0 Å². The van der Waals surface area contributed by atoms with Gasteiger partial charge < -0.3 is 5.32 Å². The third kappa shape index (κ3) is 1.90. The van der Waals surface area contributed by atoms with Crippen molar-refractivity contribution < 1.29 is 4.39 Å². The van der Waals surface area contributed by atoms with Crippen molar-refractivity contribution in [2.75, 3.05) is 13.1 Å². The second-order valence-electron chi connectivity index (χ2n) is 1.28. The van der Waals surface area contributed by atoms with Crippen molar-refractivity contribution in [1.82, 2.24) is 5.32 Å². The van der Waals surface area contributed by atoms with Crippen LogP contribution in [0, 0.1) is 0 Å². The fourth-order valence-electron chi connectivity index (χ4n) is 0.447. The summed E-state index contributed by atoms with van der Waals surface area (Å²) in [5.74, 6) is -0.0324. The van der Waals surface area contributed by atoms with Crippen molar-refractivity contribution in [1.29, 1.82) is 0 Å². The van der Waals surface area contributed by atoms with Crippen LogP contribution in [0.2, 0.25) is 0 Å². The molecule has 7 heavy (non-hydrogen) atoms. The Balaban J connectivity index is 0.000000360. The molecule has 3 heteroatoms. The molecule has 1 aliphatic heterocycles. The molecule has 0 fully saturated rings. The predicted molar refractivity (Wildman–Crippen MR) is 29.3 cm³/mol. The smallest absolute Gasteiger partial charge is 0.111 e. The molecule has 1 N–H and O–H groups in total. The molecule has 0 spiro atoms. The van der Waals surface area contributed by atoms with Crippen LogP contribution in [0.4, 0.5) is 4.39 Å². The van der Waals surface area contributed by atoms with Crippen LogP contribution in [0.25, 0.3) is 0 Å². The summed E-state index contributed by atoms with van der Waals surface area (Å²) in [6.07, 6.45) is 1.54. The van der Waals surface area contributed by atoms with E-state index in [9.17, 15) is 4.39 Å². The molecule has 0 saturated carbocycles. The highest BCUT2D eigenvalue weighted by Gasteiger charge is 1.97. The molecule has 0 amide bonds. The van der Waals surface area contributed by atoms with Crippen molar-refractivity contribution in [3.05, 3.63) is 11.9 Å². The maximum Gasteiger partial charge on any atom is 0.111 e. The van der Waals surface area contributed by atoms with Gasteiger partial charge in [-0.15, -0.1) is 12.4 Å². The topological polar surface area (TPSA) is 12.0 Å². The van der Waals surface area contributed by atoms with E-state index in [1.54, 1.807) is 6.08 Å². The van der Waals surface area contributed by atoms with E-state index in [4.69, 9.17) is 0 Å². The molecule has 0 bridgehead atoms. The highest BCUT2D eigenvalue weighted by atomic mass is 35.5. The monoisotopic (exact) mass is 123 g/mol. The maximum absolute atomic E-state index is 11.7. The van der Waals surface area contributed by atoms with Gasteiger partial charge in [0.25, 0.3) is 0 Å². The molecule has 1 nitrogen and oxygen atoms in total. The zero-order valence-electron chi connectivity index (χ0n) is 3.78. The summed E-state index contributed by atoms with van der Waals surface area (Å²) in [5.41, 5.74) is 0. The second kappa shape index (κ2) is 2.99. The highest BCUT2D eigenvalue weighted by Crippen LogP contribution is 1.96. The van der Waals surface area contributed by atoms with Gasteiger partial charge in [0.15, 0.2) is 0 Å². The molecule has 0 aliphatic carbocycles. The third-order valence-corrected chi connectivity index (χ3v) is 0.762. The Morgan fingerprint density at radius 3 is 2.57 bits per heavy atom. The molecule has 0 saturated heterocycles. The van der Waals surface area contributed by atoms with Crippen molar-refractivity contribution in [2.45, 2.75) is 0 Å². The van der Waals surface area contributed by atoms with Gasteiger partial charge in [-0.1, -0.05) is 0 Å². The van der Waals surface area contributed by atoms with Gasteiger partial charge in [-0.3, -0.25) is 0 Å². The summed E-state index contributed by atoms with van der Waals surface area (Å²) < 4.78 is 11.7. The summed E-state index contributed by atoms with van der Waals surface area (Å²) in [5, 5.41) is 2.80. The van der Waals surface area contributed by atoms with Crippen molar-refractivity contribution in [3.8, 4) is 0 Å². The van der Waals surface area contributed by atoms with E-state index in [2.05, 4.69) is 5.32 Å². The lowest BCUT2D eigenvalue weighted by atomic mass is 10.6. The van der Waals surface area contributed by atoms with E-state index in [0.717, 1.165) is 0 Å². The zero-order valence-corrected chi connectivity index (χ0v) is 4.59. The number of halogens is 2. The van der Waals surface area contributed by atoms with Crippen LogP contribution in [0.15, 0.2) is 11.9 Å². The number of nitrogens with one attached hydrogen (secondary N) is 1. The third-order valence-electron chi connectivity index (χ3n) is 0.762. The Labute approximate surface area is 48.0 Å². The van der Waals surface area contributed by atoms with Gasteiger partial charge in [0.05, 0.1) is 0 Å². The summed E-state index contributed by atoms with van der Waals surface area (Å²) in [4.78, 5) is 0. The first-order valence-electron chi connectivity index (χ1n) is 1.95. The van der Waals surface area contributed by atoms with Gasteiger partial charge in [0.2, 0.25) is 0 Å². The molecule has 0 unspecified atom stereocenters. The highest BCUT2D eigenvalue weighted by molar-refractivity contribution is 5.85. The predicted octanol–water partition coefficient (Wildman–Crippen LogP) is 0.865. The van der Waals surface area contributed by atoms with E-state index in [-0.39, 0.29) is 18.2 Å². The number of hydrogen-bond acceptors (Lipinski definition) is 1. The average Bonchev–Trinajstić information content (AvgIpc) is 1.86. The molecule has 1 rings (SSSR count). The number of rotatable bonds is 0. The standard InChI is InChI=1S/C4H6FN.ClH/c5-4-1-2-6-3-4;/h1,6H,2-3H2;1H. The van der Waals surface area contributed by atoms with Crippen molar-refractivity contribution in [3.63, 3.8) is 0 Å². The fraction of sp³-hybridized carbons (Fsp3) is 0.500. The maximum atomic E-state index is 11.7. The van der Waals surface area contributed by atoms with Gasteiger partial charge >= 0.3 is 0 Å². The first-order chi connectivity index (χ1) is 2.89. The minimum Gasteiger partial charge on any atom is -0.307 e. The largest absolute Gasteiger partial charge is 0.307 e. The summed E-state index contributed by atoms with van der Waals surface area (Å²) in [6, 6.07) is 0. The molecule has 0 aromatic heterocycles. The van der Waals surface area contributed by atoms with Gasteiger partial charge in [0.1, 0.15) is 5.83 Å². The SMILES string of the molecule is Cl.FC1=CCNC1. The average molecular weight is 124 g/mol. The Morgan fingerprint density at radius 2 is 2.43 bits per heavy atom. The normalized spacial score (nSPS) is 18.1. The Bertz CT molecular complexity index is 81.8. The van der Waals surface area contributed by atoms with Crippen LogP contribution in [-0.2, 0) is 0 Å². The Hall–Kier alpha value is -0.0800. The van der Waals surface area contributed by atoms with E-state index < -0.39 is 0 Å². The quantitative estimate of drug-likeness (QED) is 0.504. The van der Waals surface area contributed by atoms with Gasteiger partial charge in [-0.05, 0) is 6.08 Å². The van der Waals surface area contributed by atoms with E-state index in [0.29, 0.717) is 13.1 Å². The van der Waals surface area contributed by atoms with E-state index >= 15 is 0 Å². The van der Waals surface area contributed by atoms with Crippen molar-refractivity contribution in [2.24, 2.45) is 0 Å². The summed E-state index contributed by atoms with van der Waals surface area (Å²) >= 11 is 0. The lowest BCUT2D eigenvalue weighted by Gasteiger charge is -1.80. The fourth-order valence-corrected chi connectivity index (χ4v) is 0.447. The lowest BCUT2D eigenvalue weighted by molar-refractivity contribution is 0.614. The van der Waals surface area contributed by atoms with Crippen LogP contribution >= 0.6 is 12.4 Å².